The van der Waals surface area contributed by atoms with Crippen molar-refractivity contribution in [3.63, 3.8) is 0 Å². The summed E-state index contributed by atoms with van der Waals surface area (Å²) in [5.74, 6) is -0.439. The summed E-state index contributed by atoms with van der Waals surface area (Å²) in [6.07, 6.45) is -0.667. The van der Waals surface area contributed by atoms with Crippen molar-refractivity contribution in [3.05, 3.63) is 64.7 Å². The van der Waals surface area contributed by atoms with Crippen molar-refractivity contribution >= 4 is 17.6 Å². The Morgan fingerprint density at radius 3 is 2.65 bits per heavy atom. The van der Waals surface area contributed by atoms with E-state index >= 15 is 0 Å². The van der Waals surface area contributed by atoms with E-state index in [0.717, 1.165) is 11.1 Å². The van der Waals surface area contributed by atoms with Gasteiger partial charge in [0.2, 0.25) is 0 Å². The van der Waals surface area contributed by atoms with Gasteiger partial charge in [-0.15, -0.1) is 0 Å². The predicted molar refractivity (Wildman–Crippen MR) is 78.4 cm³/mol. The predicted octanol–water partition coefficient (Wildman–Crippen LogP) is 3.72. The van der Waals surface area contributed by atoms with Crippen LogP contribution in [0.5, 0.6) is 5.75 Å². The number of carbonyl (C=O) groups is 1. The normalized spacial score (nSPS) is 11.9. The molecule has 3 nitrogen and oxygen atoms in total. The first-order valence-corrected chi connectivity index (χ1v) is 6.63. The fourth-order valence-corrected chi connectivity index (χ4v) is 2.12. The topological polar surface area (TPSA) is 46.5 Å². The van der Waals surface area contributed by atoms with Gasteiger partial charge in [-0.05, 0) is 42.3 Å². The van der Waals surface area contributed by atoms with Crippen LogP contribution >= 0.6 is 11.6 Å². The number of benzene rings is 2. The van der Waals surface area contributed by atoms with Gasteiger partial charge in [0, 0.05) is 11.4 Å². The van der Waals surface area contributed by atoms with Gasteiger partial charge < -0.3 is 9.84 Å². The molecule has 0 aliphatic heterocycles. The van der Waals surface area contributed by atoms with Gasteiger partial charge in [-0.1, -0.05) is 35.9 Å². The highest BCUT2D eigenvalue weighted by Crippen LogP contribution is 2.18. The Bertz CT molecular complexity index is 563. The minimum absolute atomic E-state index is 0.268. The molecule has 2 aromatic carbocycles. The van der Waals surface area contributed by atoms with Crippen LogP contribution in [0.2, 0.25) is 5.02 Å². The van der Waals surface area contributed by atoms with E-state index in [9.17, 15) is 9.90 Å². The van der Waals surface area contributed by atoms with E-state index in [1.807, 2.05) is 31.2 Å². The van der Waals surface area contributed by atoms with Crippen LogP contribution in [0.15, 0.2) is 48.5 Å². The lowest BCUT2D eigenvalue weighted by molar-refractivity contribution is -0.145. The molecule has 20 heavy (non-hydrogen) atoms. The number of carboxylic acids is 1. The monoisotopic (exact) mass is 290 g/mol. The van der Waals surface area contributed by atoms with E-state index in [1.165, 1.54) is 0 Å². The summed E-state index contributed by atoms with van der Waals surface area (Å²) in [6, 6.07) is 14.5. The number of hydrogen-bond acceptors (Lipinski definition) is 2. The van der Waals surface area contributed by atoms with E-state index in [0.29, 0.717) is 10.8 Å². The lowest BCUT2D eigenvalue weighted by atomic mass is 10.1. The molecule has 4 heteroatoms. The quantitative estimate of drug-likeness (QED) is 0.913. The number of aryl methyl sites for hydroxylation is 1. The third-order valence-electron chi connectivity index (χ3n) is 2.85. The van der Waals surface area contributed by atoms with Crippen molar-refractivity contribution in [1.82, 2.24) is 0 Å². The zero-order valence-corrected chi connectivity index (χ0v) is 11.8. The molecule has 1 atom stereocenters. The zero-order valence-electron chi connectivity index (χ0n) is 11.0. The van der Waals surface area contributed by atoms with Crippen LogP contribution in [-0.4, -0.2) is 17.2 Å². The van der Waals surface area contributed by atoms with E-state index in [4.69, 9.17) is 16.3 Å². The Morgan fingerprint density at radius 2 is 2.00 bits per heavy atom. The van der Waals surface area contributed by atoms with E-state index in [1.54, 1.807) is 24.3 Å². The molecule has 0 aromatic heterocycles. The number of hydrogen-bond donors (Lipinski definition) is 1. The molecule has 0 unspecified atom stereocenters. The highest BCUT2D eigenvalue weighted by atomic mass is 35.5. The molecule has 0 aliphatic rings. The van der Waals surface area contributed by atoms with Crippen molar-refractivity contribution in [2.45, 2.75) is 19.4 Å². The maximum atomic E-state index is 11.3. The highest BCUT2D eigenvalue weighted by Gasteiger charge is 2.20. The molecule has 2 rings (SSSR count). The first-order chi connectivity index (χ1) is 9.54. The molecule has 0 fully saturated rings. The molecule has 0 spiro atoms. The average Bonchev–Trinajstić information content (AvgIpc) is 2.38. The van der Waals surface area contributed by atoms with Gasteiger partial charge in [0.05, 0.1) is 0 Å². The van der Waals surface area contributed by atoms with Crippen LogP contribution in [-0.2, 0) is 11.2 Å². The maximum absolute atomic E-state index is 11.3. The summed E-state index contributed by atoms with van der Waals surface area (Å²) in [4.78, 5) is 11.3. The summed E-state index contributed by atoms with van der Waals surface area (Å²) < 4.78 is 5.56. The summed E-state index contributed by atoms with van der Waals surface area (Å²) in [5.41, 5.74) is 1.85. The number of carboxylic acid groups (broad SMARTS) is 1. The summed E-state index contributed by atoms with van der Waals surface area (Å²) >= 11 is 5.90. The van der Waals surface area contributed by atoms with Gasteiger partial charge in [-0.2, -0.15) is 0 Å². The van der Waals surface area contributed by atoms with Gasteiger partial charge in [0.15, 0.2) is 6.10 Å². The van der Waals surface area contributed by atoms with Gasteiger partial charge in [0.1, 0.15) is 5.75 Å². The summed E-state index contributed by atoms with van der Waals surface area (Å²) in [5, 5.41) is 9.86. The number of halogens is 1. The van der Waals surface area contributed by atoms with Crippen molar-refractivity contribution in [1.29, 1.82) is 0 Å². The van der Waals surface area contributed by atoms with Crippen molar-refractivity contribution < 1.29 is 14.6 Å². The van der Waals surface area contributed by atoms with Gasteiger partial charge in [0.25, 0.3) is 0 Å². The Balaban J connectivity index is 2.13. The Kier molecular flexibility index (Phi) is 4.64. The second kappa shape index (κ2) is 6.44. The van der Waals surface area contributed by atoms with Crippen molar-refractivity contribution in [3.8, 4) is 5.75 Å². The molecule has 104 valence electrons. The molecule has 0 bridgehead atoms. The molecule has 0 saturated carbocycles. The molecule has 0 amide bonds. The summed E-state index contributed by atoms with van der Waals surface area (Å²) in [7, 11) is 0. The Morgan fingerprint density at radius 1 is 1.25 bits per heavy atom. The first-order valence-electron chi connectivity index (χ1n) is 6.25. The molecule has 2 aromatic rings. The third-order valence-corrected chi connectivity index (χ3v) is 3.09. The fourth-order valence-electron chi connectivity index (χ4n) is 1.91. The highest BCUT2D eigenvalue weighted by molar-refractivity contribution is 6.30. The SMILES string of the molecule is Cc1cccc(O[C@H](Cc2cccc(Cl)c2)C(=O)O)c1. The third kappa shape index (κ3) is 4.00. The van der Waals surface area contributed by atoms with Gasteiger partial charge >= 0.3 is 5.97 Å². The lowest BCUT2D eigenvalue weighted by Gasteiger charge is -2.15. The molecule has 0 aliphatic carbocycles. The number of ether oxygens (including phenoxy) is 1. The molecular weight excluding hydrogens is 276 g/mol. The van der Waals surface area contributed by atoms with Crippen molar-refractivity contribution in [2.75, 3.05) is 0 Å². The van der Waals surface area contributed by atoms with Crippen LogP contribution in [0, 0.1) is 6.92 Å². The second-order valence-corrected chi connectivity index (χ2v) is 5.03. The van der Waals surface area contributed by atoms with Crippen LogP contribution in [0.3, 0.4) is 0 Å². The molecular formula is C16H15ClO3. The molecule has 0 heterocycles. The standard InChI is InChI=1S/C16H15ClO3/c1-11-4-2-7-14(8-11)20-15(16(18)19)10-12-5-3-6-13(17)9-12/h2-9,15H,10H2,1H3,(H,18,19)/t15-/m1/s1. The van der Waals surface area contributed by atoms with E-state index < -0.39 is 12.1 Å². The fraction of sp³-hybridized carbons (Fsp3) is 0.188. The van der Waals surface area contributed by atoms with Crippen LogP contribution < -0.4 is 4.74 Å². The van der Waals surface area contributed by atoms with Gasteiger partial charge in [-0.25, -0.2) is 4.79 Å². The van der Waals surface area contributed by atoms with E-state index in [2.05, 4.69) is 0 Å². The first kappa shape index (κ1) is 14.4. The molecule has 0 radical (unpaired) electrons. The van der Waals surface area contributed by atoms with Crippen molar-refractivity contribution in [2.24, 2.45) is 0 Å². The smallest absolute Gasteiger partial charge is 0.345 e. The van der Waals surface area contributed by atoms with Gasteiger partial charge in [-0.3, -0.25) is 0 Å². The Labute approximate surface area is 122 Å². The largest absolute Gasteiger partial charge is 0.478 e. The maximum Gasteiger partial charge on any atom is 0.345 e. The second-order valence-electron chi connectivity index (χ2n) is 4.60. The zero-order chi connectivity index (χ0) is 14.5. The Hall–Kier alpha value is -2.00. The minimum Gasteiger partial charge on any atom is -0.478 e. The number of aliphatic carboxylic acids is 1. The van der Waals surface area contributed by atoms with E-state index in [-0.39, 0.29) is 6.42 Å². The molecule has 1 N–H and O–H groups in total. The number of rotatable bonds is 5. The summed E-state index contributed by atoms with van der Waals surface area (Å²) in [6.45, 7) is 1.93. The van der Waals surface area contributed by atoms with Crippen LogP contribution in [0.4, 0.5) is 0 Å². The average molecular weight is 291 g/mol. The molecule has 0 saturated heterocycles. The lowest BCUT2D eigenvalue weighted by Crippen LogP contribution is -2.29. The minimum atomic E-state index is -0.994. The van der Waals surface area contributed by atoms with Crippen LogP contribution in [0.1, 0.15) is 11.1 Å². The van der Waals surface area contributed by atoms with Crippen LogP contribution in [0.25, 0.3) is 0 Å².